The van der Waals surface area contributed by atoms with Crippen molar-refractivity contribution in [2.75, 3.05) is 6.54 Å². The molecule has 1 aromatic rings. The molecule has 3 N–H and O–H groups in total. The third-order valence-electron chi connectivity index (χ3n) is 3.63. The van der Waals surface area contributed by atoms with E-state index in [0.29, 0.717) is 6.04 Å². The lowest BCUT2D eigenvalue weighted by molar-refractivity contribution is -0.139. The topological polar surface area (TPSA) is 61.4 Å². The number of nitrogens with one attached hydrogen (secondary N) is 2. The van der Waals surface area contributed by atoms with Gasteiger partial charge in [-0.25, -0.2) is 0 Å². The fraction of sp³-hybridized carbons (Fsp3) is 0.533. The van der Waals surface area contributed by atoms with Gasteiger partial charge in [-0.05, 0) is 38.3 Å². The number of rotatable bonds is 6. The van der Waals surface area contributed by atoms with E-state index in [1.54, 1.807) is 0 Å². The minimum absolute atomic E-state index is 0.178. The summed E-state index contributed by atoms with van der Waals surface area (Å²) in [4.78, 5) is 11.4. The Morgan fingerprint density at radius 2 is 2.21 bits per heavy atom. The van der Waals surface area contributed by atoms with E-state index in [4.69, 9.17) is 0 Å². The van der Waals surface area contributed by atoms with Crippen LogP contribution in [-0.2, 0) is 4.79 Å². The molecule has 4 heteroatoms. The summed E-state index contributed by atoms with van der Waals surface area (Å²) in [6.07, 6.45) is 3.38. The SMILES string of the molecule is CC(CC1CCCN1)NC(C(=O)O)c1ccccc1. The monoisotopic (exact) mass is 262 g/mol. The standard InChI is InChI=1S/C15H22N2O2/c1-11(10-13-8-5-9-16-13)17-14(15(18)19)12-6-3-2-4-7-12/h2-4,6-7,11,13-14,16-17H,5,8-10H2,1H3,(H,18,19). The molecule has 1 aromatic carbocycles. The Morgan fingerprint density at radius 3 is 2.79 bits per heavy atom. The summed E-state index contributed by atoms with van der Waals surface area (Å²) in [5.74, 6) is -0.822. The molecular formula is C15H22N2O2. The molecule has 1 heterocycles. The lowest BCUT2D eigenvalue weighted by atomic mass is 10.0. The van der Waals surface area contributed by atoms with Gasteiger partial charge in [0.15, 0.2) is 0 Å². The molecule has 1 saturated heterocycles. The Hall–Kier alpha value is -1.39. The molecule has 0 spiro atoms. The lowest BCUT2D eigenvalue weighted by Crippen LogP contribution is -2.39. The zero-order chi connectivity index (χ0) is 13.7. The second-order valence-corrected chi connectivity index (χ2v) is 5.28. The maximum atomic E-state index is 11.4. The Labute approximate surface area is 114 Å². The summed E-state index contributed by atoms with van der Waals surface area (Å²) < 4.78 is 0. The summed E-state index contributed by atoms with van der Waals surface area (Å²) in [6.45, 7) is 3.14. The van der Waals surface area contributed by atoms with E-state index in [9.17, 15) is 9.90 Å². The molecular weight excluding hydrogens is 240 g/mol. The number of carbonyl (C=O) groups is 1. The van der Waals surface area contributed by atoms with Crippen LogP contribution in [0.3, 0.4) is 0 Å². The Balaban J connectivity index is 1.94. The second kappa shape index (κ2) is 6.68. The fourth-order valence-corrected chi connectivity index (χ4v) is 2.69. The average Bonchev–Trinajstić information content (AvgIpc) is 2.89. The van der Waals surface area contributed by atoms with Crippen molar-refractivity contribution < 1.29 is 9.90 Å². The third kappa shape index (κ3) is 4.04. The van der Waals surface area contributed by atoms with Crippen LogP contribution >= 0.6 is 0 Å². The molecule has 4 nitrogen and oxygen atoms in total. The van der Waals surface area contributed by atoms with Crippen LogP contribution in [0.25, 0.3) is 0 Å². The molecule has 1 fully saturated rings. The van der Waals surface area contributed by atoms with Crippen molar-refractivity contribution in [1.29, 1.82) is 0 Å². The maximum absolute atomic E-state index is 11.4. The molecule has 2 rings (SSSR count). The zero-order valence-electron chi connectivity index (χ0n) is 11.3. The highest BCUT2D eigenvalue weighted by Crippen LogP contribution is 2.16. The maximum Gasteiger partial charge on any atom is 0.325 e. The summed E-state index contributed by atoms with van der Waals surface area (Å²) >= 11 is 0. The lowest BCUT2D eigenvalue weighted by Gasteiger charge is -2.23. The number of benzene rings is 1. The molecule has 3 unspecified atom stereocenters. The number of carboxylic acids is 1. The van der Waals surface area contributed by atoms with Crippen LogP contribution in [-0.4, -0.2) is 29.7 Å². The predicted octanol–water partition coefficient (Wildman–Crippen LogP) is 1.93. The zero-order valence-corrected chi connectivity index (χ0v) is 11.3. The highest BCUT2D eigenvalue weighted by molar-refractivity contribution is 5.75. The molecule has 1 aliphatic heterocycles. The molecule has 104 valence electrons. The van der Waals surface area contributed by atoms with E-state index in [-0.39, 0.29) is 6.04 Å². The molecule has 0 aliphatic carbocycles. The highest BCUT2D eigenvalue weighted by Gasteiger charge is 2.23. The Bertz CT molecular complexity index is 402. The van der Waals surface area contributed by atoms with E-state index in [1.807, 2.05) is 30.3 Å². The van der Waals surface area contributed by atoms with Gasteiger partial charge < -0.3 is 10.4 Å². The highest BCUT2D eigenvalue weighted by atomic mass is 16.4. The van der Waals surface area contributed by atoms with Crippen LogP contribution in [0, 0.1) is 0 Å². The molecule has 0 saturated carbocycles. The Kier molecular flexibility index (Phi) is 4.93. The normalized spacial score (nSPS) is 22.1. The largest absolute Gasteiger partial charge is 0.480 e. The van der Waals surface area contributed by atoms with E-state index in [1.165, 1.54) is 12.8 Å². The van der Waals surface area contributed by atoms with Gasteiger partial charge in [0.2, 0.25) is 0 Å². The molecule has 3 atom stereocenters. The number of aliphatic carboxylic acids is 1. The molecule has 0 amide bonds. The number of hydrogen-bond acceptors (Lipinski definition) is 3. The minimum atomic E-state index is -0.822. The molecule has 1 aliphatic rings. The average molecular weight is 262 g/mol. The van der Waals surface area contributed by atoms with Crippen LogP contribution < -0.4 is 10.6 Å². The van der Waals surface area contributed by atoms with Crippen molar-refractivity contribution >= 4 is 5.97 Å². The number of hydrogen-bond donors (Lipinski definition) is 3. The first-order chi connectivity index (χ1) is 9.16. The van der Waals surface area contributed by atoms with Crippen molar-refractivity contribution in [3.63, 3.8) is 0 Å². The van der Waals surface area contributed by atoms with E-state index < -0.39 is 12.0 Å². The van der Waals surface area contributed by atoms with Gasteiger partial charge >= 0.3 is 5.97 Å². The summed E-state index contributed by atoms with van der Waals surface area (Å²) in [5.41, 5.74) is 0.807. The first-order valence-corrected chi connectivity index (χ1v) is 6.94. The molecule has 19 heavy (non-hydrogen) atoms. The van der Waals surface area contributed by atoms with Gasteiger partial charge in [-0.3, -0.25) is 10.1 Å². The van der Waals surface area contributed by atoms with Crippen molar-refractivity contribution in [3.05, 3.63) is 35.9 Å². The van der Waals surface area contributed by atoms with E-state index in [2.05, 4.69) is 17.6 Å². The first-order valence-electron chi connectivity index (χ1n) is 6.94. The van der Waals surface area contributed by atoms with Gasteiger partial charge in [-0.15, -0.1) is 0 Å². The van der Waals surface area contributed by atoms with Gasteiger partial charge in [0.1, 0.15) is 6.04 Å². The minimum Gasteiger partial charge on any atom is -0.480 e. The summed E-state index contributed by atoms with van der Waals surface area (Å²) in [5, 5.41) is 16.0. The van der Waals surface area contributed by atoms with Crippen LogP contribution in [0.15, 0.2) is 30.3 Å². The quantitative estimate of drug-likeness (QED) is 0.733. The van der Waals surface area contributed by atoms with Crippen LogP contribution in [0.2, 0.25) is 0 Å². The van der Waals surface area contributed by atoms with Gasteiger partial charge in [0, 0.05) is 12.1 Å². The summed E-state index contributed by atoms with van der Waals surface area (Å²) in [6, 6.07) is 9.42. The van der Waals surface area contributed by atoms with Crippen LogP contribution in [0.5, 0.6) is 0 Å². The van der Waals surface area contributed by atoms with E-state index in [0.717, 1.165) is 18.5 Å². The van der Waals surface area contributed by atoms with Crippen LogP contribution in [0.4, 0.5) is 0 Å². The molecule has 0 radical (unpaired) electrons. The van der Waals surface area contributed by atoms with Gasteiger partial charge in [0.25, 0.3) is 0 Å². The van der Waals surface area contributed by atoms with Crippen molar-refractivity contribution in [1.82, 2.24) is 10.6 Å². The third-order valence-corrected chi connectivity index (χ3v) is 3.63. The van der Waals surface area contributed by atoms with E-state index >= 15 is 0 Å². The first kappa shape index (κ1) is 14.0. The van der Waals surface area contributed by atoms with Crippen LogP contribution in [0.1, 0.15) is 37.8 Å². The van der Waals surface area contributed by atoms with Gasteiger partial charge in [-0.1, -0.05) is 30.3 Å². The molecule has 0 aromatic heterocycles. The number of carboxylic acid groups (broad SMARTS) is 1. The van der Waals surface area contributed by atoms with Crippen molar-refractivity contribution in [3.8, 4) is 0 Å². The smallest absolute Gasteiger partial charge is 0.325 e. The second-order valence-electron chi connectivity index (χ2n) is 5.28. The fourth-order valence-electron chi connectivity index (χ4n) is 2.69. The predicted molar refractivity (Wildman–Crippen MR) is 75.1 cm³/mol. The van der Waals surface area contributed by atoms with Gasteiger partial charge in [0.05, 0.1) is 0 Å². The van der Waals surface area contributed by atoms with Crippen molar-refractivity contribution in [2.45, 2.75) is 44.3 Å². The molecule has 0 bridgehead atoms. The van der Waals surface area contributed by atoms with Gasteiger partial charge in [-0.2, -0.15) is 0 Å². The Morgan fingerprint density at radius 1 is 1.47 bits per heavy atom. The van der Waals surface area contributed by atoms with Crippen molar-refractivity contribution in [2.24, 2.45) is 0 Å². The summed E-state index contributed by atoms with van der Waals surface area (Å²) in [7, 11) is 0.